The van der Waals surface area contributed by atoms with Gasteiger partial charge >= 0.3 is 0 Å². The summed E-state index contributed by atoms with van der Waals surface area (Å²) >= 11 is 0. The fourth-order valence-corrected chi connectivity index (χ4v) is 5.28. The van der Waals surface area contributed by atoms with E-state index in [0.29, 0.717) is 44.8 Å². The normalized spacial score (nSPS) is 14.9. The maximum Gasteiger partial charge on any atom is 0.243 e. The van der Waals surface area contributed by atoms with E-state index < -0.39 is 10.0 Å². The fraction of sp³-hybridized carbons (Fsp3) is 0.435. The number of fused-ring (bicyclic) bond motifs is 1. The van der Waals surface area contributed by atoms with Gasteiger partial charge < -0.3 is 19.5 Å². The maximum absolute atomic E-state index is 13.0. The molecule has 1 aliphatic heterocycles. The van der Waals surface area contributed by atoms with Gasteiger partial charge in [-0.1, -0.05) is 6.07 Å². The number of aryl methyl sites for hydroxylation is 2. The van der Waals surface area contributed by atoms with Crippen molar-refractivity contribution in [2.45, 2.75) is 24.3 Å². The number of pyridine rings is 1. The molecule has 0 atom stereocenters. The zero-order valence-electron chi connectivity index (χ0n) is 19.7. The molecule has 1 N–H and O–H groups in total. The molecule has 3 heterocycles. The number of morpholine rings is 1. The van der Waals surface area contributed by atoms with E-state index in [0.717, 1.165) is 22.7 Å². The predicted molar refractivity (Wildman–Crippen MR) is 129 cm³/mol. The van der Waals surface area contributed by atoms with Crippen LogP contribution in [0.1, 0.15) is 17.8 Å². The van der Waals surface area contributed by atoms with Gasteiger partial charge in [-0.15, -0.1) is 0 Å². The van der Waals surface area contributed by atoms with Gasteiger partial charge in [-0.2, -0.15) is 4.31 Å². The van der Waals surface area contributed by atoms with Crippen molar-refractivity contribution in [3.05, 3.63) is 47.9 Å². The summed E-state index contributed by atoms with van der Waals surface area (Å²) < 4.78 is 34.5. The molecule has 0 aliphatic carbocycles. The number of anilines is 1. The van der Waals surface area contributed by atoms with E-state index in [1.54, 1.807) is 24.4 Å². The van der Waals surface area contributed by atoms with Crippen LogP contribution in [0.4, 0.5) is 5.82 Å². The molecule has 0 saturated carbocycles. The second kappa shape index (κ2) is 10.1. The molecule has 0 radical (unpaired) electrons. The number of carbonyl (C=O) groups is 1. The second-order valence-corrected chi connectivity index (χ2v) is 10.4. The van der Waals surface area contributed by atoms with Gasteiger partial charge in [0.25, 0.3) is 0 Å². The quantitative estimate of drug-likeness (QED) is 0.511. The van der Waals surface area contributed by atoms with Crippen molar-refractivity contribution in [3.63, 3.8) is 0 Å². The molecule has 10 nitrogen and oxygen atoms in total. The Bertz CT molecular complexity index is 1260. The highest BCUT2D eigenvalue weighted by molar-refractivity contribution is 7.89. The Morgan fingerprint density at radius 2 is 1.94 bits per heavy atom. The van der Waals surface area contributed by atoms with Gasteiger partial charge in [0.05, 0.1) is 29.1 Å². The van der Waals surface area contributed by atoms with E-state index in [2.05, 4.69) is 15.3 Å². The number of rotatable bonds is 8. The highest BCUT2D eigenvalue weighted by Gasteiger charge is 2.27. The predicted octanol–water partition coefficient (Wildman–Crippen LogP) is 1.30. The van der Waals surface area contributed by atoms with Crippen LogP contribution in [0.25, 0.3) is 11.0 Å². The molecule has 0 bridgehead atoms. The Morgan fingerprint density at radius 3 is 2.62 bits per heavy atom. The van der Waals surface area contributed by atoms with Crippen molar-refractivity contribution < 1.29 is 17.9 Å². The minimum Gasteiger partial charge on any atom is -0.379 e. The lowest BCUT2D eigenvalue weighted by molar-refractivity contribution is -0.121. The zero-order valence-corrected chi connectivity index (χ0v) is 20.5. The summed E-state index contributed by atoms with van der Waals surface area (Å²) in [7, 11) is 2.13. The van der Waals surface area contributed by atoms with Crippen LogP contribution < -0.4 is 10.2 Å². The summed E-state index contributed by atoms with van der Waals surface area (Å²) in [5.41, 5.74) is 2.35. The first kappa shape index (κ1) is 24.1. The van der Waals surface area contributed by atoms with Crippen LogP contribution in [0.3, 0.4) is 0 Å². The molecule has 34 heavy (non-hydrogen) atoms. The number of sulfonamides is 1. The third-order valence-corrected chi connectivity index (χ3v) is 7.78. The van der Waals surface area contributed by atoms with E-state index in [9.17, 15) is 13.2 Å². The molecule has 0 unspecified atom stereocenters. The van der Waals surface area contributed by atoms with Crippen molar-refractivity contribution >= 4 is 32.8 Å². The van der Waals surface area contributed by atoms with Gasteiger partial charge in [-0.3, -0.25) is 4.79 Å². The molecular formula is C23H30N6O4S. The van der Waals surface area contributed by atoms with E-state index >= 15 is 0 Å². The molecule has 1 saturated heterocycles. The number of imidazole rings is 1. The van der Waals surface area contributed by atoms with E-state index in [1.807, 2.05) is 42.7 Å². The molecule has 182 valence electrons. The third kappa shape index (κ3) is 5.21. The van der Waals surface area contributed by atoms with Gasteiger partial charge in [-0.05, 0) is 29.8 Å². The number of aromatic nitrogens is 3. The monoisotopic (exact) mass is 486 g/mol. The summed E-state index contributed by atoms with van der Waals surface area (Å²) in [6, 6.07) is 8.84. The number of amides is 1. The average Bonchev–Trinajstić information content (AvgIpc) is 3.17. The molecule has 0 spiro atoms. The van der Waals surface area contributed by atoms with Gasteiger partial charge in [0.2, 0.25) is 15.9 Å². The smallest absolute Gasteiger partial charge is 0.243 e. The number of carbonyl (C=O) groups excluding carboxylic acids is 1. The van der Waals surface area contributed by atoms with Crippen LogP contribution in [0.5, 0.6) is 0 Å². The van der Waals surface area contributed by atoms with Crippen molar-refractivity contribution in [1.82, 2.24) is 24.2 Å². The first-order valence-electron chi connectivity index (χ1n) is 11.2. The standard InChI is InChI=1S/C23H30N6O4S/c1-27(2)21-7-4-17(15-24-21)16-25-23(30)9-8-22-26-19-14-18(5-6-20(19)28(22)3)34(31,32)29-10-12-33-13-11-29/h4-7,14-15H,8-13,16H2,1-3H3,(H,25,30). The highest BCUT2D eigenvalue weighted by atomic mass is 32.2. The summed E-state index contributed by atoms with van der Waals surface area (Å²) in [6.45, 7) is 1.90. The highest BCUT2D eigenvalue weighted by Crippen LogP contribution is 2.23. The number of nitrogens with one attached hydrogen (secondary N) is 1. The summed E-state index contributed by atoms with van der Waals surface area (Å²) in [5, 5.41) is 2.91. The molecule has 1 amide bonds. The van der Waals surface area contributed by atoms with E-state index in [4.69, 9.17) is 4.74 Å². The topological polar surface area (TPSA) is 110 Å². The van der Waals surface area contributed by atoms with E-state index in [1.165, 1.54) is 4.31 Å². The number of hydrogen-bond acceptors (Lipinski definition) is 7. The maximum atomic E-state index is 13.0. The number of hydrogen-bond donors (Lipinski definition) is 1. The van der Waals surface area contributed by atoms with Crippen molar-refractivity contribution in [2.75, 3.05) is 45.3 Å². The van der Waals surface area contributed by atoms with Gasteiger partial charge in [0.15, 0.2) is 0 Å². The van der Waals surface area contributed by atoms with E-state index in [-0.39, 0.29) is 17.2 Å². The molecular weight excluding hydrogens is 456 g/mol. The minimum atomic E-state index is -3.59. The van der Waals surface area contributed by atoms with Crippen LogP contribution in [0.15, 0.2) is 41.4 Å². The second-order valence-electron chi connectivity index (χ2n) is 8.45. The Kier molecular flexibility index (Phi) is 7.15. The first-order chi connectivity index (χ1) is 16.3. The zero-order chi connectivity index (χ0) is 24.3. The van der Waals surface area contributed by atoms with Crippen LogP contribution in [-0.2, 0) is 39.6 Å². The Hall–Kier alpha value is -3.02. The molecule has 4 rings (SSSR count). The van der Waals surface area contributed by atoms with Gasteiger partial charge in [0, 0.05) is 59.8 Å². The third-order valence-electron chi connectivity index (χ3n) is 5.89. The molecule has 3 aromatic rings. The molecule has 1 aromatic carbocycles. The SMILES string of the molecule is CN(C)c1ccc(CNC(=O)CCc2nc3cc(S(=O)(=O)N4CCOCC4)ccc3n2C)cn1. The fourth-order valence-electron chi connectivity index (χ4n) is 3.85. The molecule has 11 heteroatoms. The summed E-state index contributed by atoms with van der Waals surface area (Å²) in [4.78, 5) is 23.5. The lowest BCUT2D eigenvalue weighted by Crippen LogP contribution is -2.40. The van der Waals surface area contributed by atoms with Gasteiger partial charge in [0.1, 0.15) is 11.6 Å². The lowest BCUT2D eigenvalue weighted by Gasteiger charge is -2.26. The number of nitrogens with zero attached hydrogens (tertiary/aromatic N) is 5. The lowest BCUT2D eigenvalue weighted by atomic mass is 10.2. The largest absolute Gasteiger partial charge is 0.379 e. The van der Waals surface area contributed by atoms with Crippen LogP contribution >= 0.6 is 0 Å². The number of ether oxygens (including phenoxy) is 1. The molecule has 2 aromatic heterocycles. The summed E-state index contributed by atoms with van der Waals surface area (Å²) in [6.07, 6.45) is 2.48. The van der Waals surface area contributed by atoms with Gasteiger partial charge in [-0.25, -0.2) is 18.4 Å². The summed E-state index contributed by atoms with van der Waals surface area (Å²) in [5.74, 6) is 1.50. The van der Waals surface area contributed by atoms with Crippen molar-refractivity contribution in [2.24, 2.45) is 7.05 Å². The Morgan fingerprint density at radius 1 is 1.18 bits per heavy atom. The van der Waals surface area contributed by atoms with Crippen LogP contribution in [0.2, 0.25) is 0 Å². The van der Waals surface area contributed by atoms with Crippen molar-refractivity contribution in [1.29, 1.82) is 0 Å². The first-order valence-corrected chi connectivity index (χ1v) is 12.6. The van der Waals surface area contributed by atoms with Crippen LogP contribution in [0, 0.1) is 0 Å². The molecule has 1 fully saturated rings. The molecule has 1 aliphatic rings. The number of benzene rings is 1. The Labute approximate surface area is 199 Å². The minimum absolute atomic E-state index is 0.0840. The van der Waals surface area contributed by atoms with Crippen molar-refractivity contribution in [3.8, 4) is 0 Å². The van der Waals surface area contributed by atoms with Crippen LogP contribution in [-0.4, -0.2) is 73.6 Å². The average molecular weight is 487 g/mol. The Balaban J connectivity index is 1.39.